The fraction of sp³-hybridized carbons (Fsp3) is 0.391. The first-order valence-corrected chi connectivity index (χ1v) is 12.0. The zero-order valence-corrected chi connectivity index (χ0v) is 18.9. The van der Waals surface area contributed by atoms with Crippen LogP contribution >= 0.6 is 11.3 Å². The van der Waals surface area contributed by atoms with E-state index < -0.39 is 0 Å². The van der Waals surface area contributed by atoms with Crippen molar-refractivity contribution in [1.29, 1.82) is 0 Å². The number of rotatable bonds is 6. The summed E-state index contributed by atoms with van der Waals surface area (Å²) in [6.45, 7) is 4.25. The van der Waals surface area contributed by atoms with E-state index in [1.165, 1.54) is 5.57 Å². The molecule has 0 bridgehead atoms. The monoisotopic (exact) mass is 449 g/mol. The molecule has 0 aliphatic carbocycles. The first kappa shape index (κ1) is 20.7. The lowest BCUT2D eigenvalue weighted by Gasteiger charge is -2.29. The lowest BCUT2D eigenvalue weighted by atomic mass is 9.97. The molecule has 0 saturated heterocycles. The maximum Gasteiger partial charge on any atom is 0.317 e. The van der Waals surface area contributed by atoms with Crippen molar-refractivity contribution in [2.75, 3.05) is 30.3 Å². The number of anilines is 3. The molecule has 2 amide bonds. The second kappa shape index (κ2) is 9.12. The van der Waals surface area contributed by atoms with Crippen molar-refractivity contribution in [3.05, 3.63) is 47.2 Å². The molecule has 2 aliphatic heterocycles. The number of hydrogen-bond acceptors (Lipinski definition) is 7. The standard InChI is InChI=1S/C23H27N7OS/c1-2-3-8-24-23(31)30-9-6-15(7-10-30)19-12-17-21(25-13-26-22(17)29-19)28-16-4-5-18-20(11-16)32-14-27-18/h4-6,11,13-14,19H,2-3,7-10,12H2,1H3,(H,24,31)(H2,25,26,28,29). The van der Waals surface area contributed by atoms with Gasteiger partial charge in [-0.05, 0) is 36.6 Å². The van der Waals surface area contributed by atoms with Crippen molar-refractivity contribution in [3.8, 4) is 0 Å². The highest BCUT2D eigenvalue weighted by molar-refractivity contribution is 7.16. The molecule has 8 nitrogen and oxygen atoms in total. The van der Waals surface area contributed by atoms with Crippen molar-refractivity contribution < 1.29 is 4.79 Å². The number of urea groups is 1. The van der Waals surface area contributed by atoms with Crippen LogP contribution in [-0.4, -0.2) is 51.6 Å². The molecule has 2 aliphatic rings. The predicted molar refractivity (Wildman–Crippen MR) is 129 cm³/mol. The van der Waals surface area contributed by atoms with Gasteiger partial charge < -0.3 is 20.9 Å². The van der Waals surface area contributed by atoms with Gasteiger partial charge in [-0.2, -0.15) is 0 Å². The lowest BCUT2D eigenvalue weighted by Crippen LogP contribution is -2.43. The van der Waals surface area contributed by atoms with E-state index in [2.05, 4.69) is 50.0 Å². The van der Waals surface area contributed by atoms with Gasteiger partial charge in [-0.3, -0.25) is 0 Å². The third kappa shape index (κ3) is 4.25. The molecule has 166 valence electrons. The van der Waals surface area contributed by atoms with Crippen LogP contribution in [-0.2, 0) is 6.42 Å². The van der Waals surface area contributed by atoms with Gasteiger partial charge in [0.2, 0.25) is 0 Å². The van der Waals surface area contributed by atoms with E-state index in [-0.39, 0.29) is 12.1 Å². The summed E-state index contributed by atoms with van der Waals surface area (Å²) in [6, 6.07) is 6.38. The molecule has 9 heteroatoms. The van der Waals surface area contributed by atoms with Crippen LogP contribution in [0.2, 0.25) is 0 Å². The average molecular weight is 450 g/mol. The molecule has 3 aromatic rings. The first-order valence-electron chi connectivity index (χ1n) is 11.1. The first-order chi connectivity index (χ1) is 15.7. The van der Waals surface area contributed by atoms with Crippen LogP contribution in [0.15, 0.2) is 41.7 Å². The second-order valence-electron chi connectivity index (χ2n) is 8.17. The van der Waals surface area contributed by atoms with Crippen molar-refractivity contribution in [1.82, 2.24) is 25.2 Å². The molecule has 4 heterocycles. The van der Waals surface area contributed by atoms with Crippen molar-refractivity contribution in [2.45, 2.75) is 38.6 Å². The van der Waals surface area contributed by atoms with Crippen LogP contribution in [0.4, 0.5) is 22.1 Å². The zero-order valence-electron chi connectivity index (χ0n) is 18.1. The number of thiazole rings is 1. The molecule has 3 N–H and O–H groups in total. The largest absolute Gasteiger partial charge is 0.363 e. The average Bonchev–Trinajstić information content (AvgIpc) is 3.46. The van der Waals surface area contributed by atoms with E-state index >= 15 is 0 Å². The number of amides is 2. The van der Waals surface area contributed by atoms with Crippen LogP contribution in [0, 0.1) is 0 Å². The van der Waals surface area contributed by atoms with Gasteiger partial charge in [-0.1, -0.05) is 19.4 Å². The molecule has 1 unspecified atom stereocenters. The van der Waals surface area contributed by atoms with E-state index in [0.717, 1.165) is 71.9 Å². The molecule has 0 fully saturated rings. The molecule has 0 saturated carbocycles. The fourth-order valence-electron chi connectivity index (χ4n) is 4.22. The number of carbonyl (C=O) groups excluding carboxylic acids is 1. The molecule has 1 atom stereocenters. The Morgan fingerprint density at radius 2 is 2.25 bits per heavy atom. The van der Waals surface area contributed by atoms with Gasteiger partial charge in [0.25, 0.3) is 0 Å². The molecule has 2 aromatic heterocycles. The van der Waals surface area contributed by atoms with Gasteiger partial charge in [0.1, 0.15) is 18.0 Å². The molecule has 5 rings (SSSR count). The zero-order chi connectivity index (χ0) is 21.9. The third-order valence-electron chi connectivity index (χ3n) is 6.04. The fourth-order valence-corrected chi connectivity index (χ4v) is 4.94. The minimum Gasteiger partial charge on any atom is -0.363 e. The molecule has 0 radical (unpaired) electrons. The van der Waals surface area contributed by atoms with Crippen molar-refractivity contribution >= 4 is 44.9 Å². The summed E-state index contributed by atoms with van der Waals surface area (Å²) >= 11 is 1.63. The summed E-state index contributed by atoms with van der Waals surface area (Å²) in [5.41, 5.74) is 6.29. The Morgan fingerprint density at radius 1 is 1.31 bits per heavy atom. The number of nitrogens with zero attached hydrogens (tertiary/aromatic N) is 4. The predicted octanol–water partition coefficient (Wildman–Crippen LogP) is 4.31. The van der Waals surface area contributed by atoms with Crippen LogP contribution < -0.4 is 16.0 Å². The number of aromatic nitrogens is 3. The van der Waals surface area contributed by atoms with Crippen molar-refractivity contribution in [2.24, 2.45) is 0 Å². The van der Waals surface area contributed by atoms with E-state index in [1.54, 1.807) is 17.7 Å². The van der Waals surface area contributed by atoms with E-state index in [9.17, 15) is 4.79 Å². The van der Waals surface area contributed by atoms with Gasteiger partial charge in [0.05, 0.1) is 21.8 Å². The summed E-state index contributed by atoms with van der Waals surface area (Å²) in [6.07, 6.45) is 7.57. The Kier molecular flexibility index (Phi) is 5.89. The van der Waals surface area contributed by atoms with Crippen LogP contribution in [0.5, 0.6) is 0 Å². The quantitative estimate of drug-likeness (QED) is 0.383. The van der Waals surface area contributed by atoms with Crippen molar-refractivity contribution in [3.63, 3.8) is 0 Å². The molecule has 0 spiro atoms. The van der Waals surface area contributed by atoms with E-state index in [0.29, 0.717) is 6.54 Å². The van der Waals surface area contributed by atoms with Gasteiger partial charge in [0, 0.05) is 37.3 Å². The Labute approximate surface area is 191 Å². The maximum absolute atomic E-state index is 12.3. The van der Waals surface area contributed by atoms with Gasteiger partial charge >= 0.3 is 6.03 Å². The van der Waals surface area contributed by atoms with Crippen LogP contribution in [0.1, 0.15) is 31.7 Å². The summed E-state index contributed by atoms with van der Waals surface area (Å²) in [5.74, 6) is 1.72. The summed E-state index contributed by atoms with van der Waals surface area (Å²) in [5, 5.41) is 10.0. The van der Waals surface area contributed by atoms with Gasteiger partial charge in [-0.15, -0.1) is 11.3 Å². The van der Waals surface area contributed by atoms with Gasteiger partial charge in [-0.25, -0.2) is 19.7 Å². The Balaban J connectivity index is 1.25. The topological polar surface area (TPSA) is 95.1 Å². The smallest absolute Gasteiger partial charge is 0.317 e. The highest BCUT2D eigenvalue weighted by Gasteiger charge is 2.29. The number of fused-ring (bicyclic) bond motifs is 2. The number of nitrogens with one attached hydrogen (secondary N) is 3. The minimum atomic E-state index is 0.0340. The van der Waals surface area contributed by atoms with E-state index in [4.69, 9.17) is 0 Å². The molecule has 32 heavy (non-hydrogen) atoms. The highest BCUT2D eigenvalue weighted by atomic mass is 32.1. The normalized spacial score (nSPS) is 17.6. The summed E-state index contributed by atoms with van der Waals surface area (Å²) < 4.78 is 1.15. The van der Waals surface area contributed by atoms with Gasteiger partial charge in [0.15, 0.2) is 0 Å². The Bertz CT molecular complexity index is 1160. The van der Waals surface area contributed by atoms with Crippen LogP contribution in [0.25, 0.3) is 10.2 Å². The minimum absolute atomic E-state index is 0.0340. The number of carbonyl (C=O) groups is 1. The number of benzene rings is 1. The second-order valence-corrected chi connectivity index (χ2v) is 9.06. The molecule has 1 aromatic carbocycles. The maximum atomic E-state index is 12.3. The Hall–Kier alpha value is -3.20. The molecular formula is C23H27N7OS. The van der Waals surface area contributed by atoms with E-state index in [1.807, 2.05) is 22.5 Å². The molecular weight excluding hydrogens is 422 g/mol. The summed E-state index contributed by atoms with van der Waals surface area (Å²) in [7, 11) is 0. The SMILES string of the molecule is CCCCNC(=O)N1CC=C(C2Cc3c(Nc4ccc5ncsc5c4)ncnc3N2)CC1. The Morgan fingerprint density at radius 3 is 3.09 bits per heavy atom. The van der Waals surface area contributed by atoms with Crippen LogP contribution in [0.3, 0.4) is 0 Å². The highest BCUT2D eigenvalue weighted by Crippen LogP contribution is 2.34. The lowest BCUT2D eigenvalue weighted by molar-refractivity contribution is 0.201. The summed E-state index contributed by atoms with van der Waals surface area (Å²) in [4.78, 5) is 27.5. The number of unbranched alkanes of at least 4 members (excludes halogenated alkanes) is 1. The number of hydrogen-bond donors (Lipinski definition) is 3. The third-order valence-corrected chi connectivity index (χ3v) is 6.84.